The van der Waals surface area contributed by atoms with E-state index in [1.54, 1.807) is 6.20 Å². The van der Waals surface area contributed by atoms with E-state index in [0.717, 1.165) is 16.6 Å². The Kier molecular flexibility index (Phi) is 2.35. The number of benzene rings is 1. The molecule has 2 heterocycles. The summed E-state index contributed by atoms with van der Waals surface area (Å²) in [5.41, 5.74) is 4.01. The highest BCUT2D eigenvalue weighted by Crippen LogP contribution is 2.22. The molecule has 0 aliphatic rings. The normalized spacial score (nSPS) is 10.4. The first-order chi connectivity index (χ1) is 8.79. The molecule has 0 fully saturated rings. The Labute approximate surface area is 105 Å². The van der Waals surface area contributed by atoms with Gasteiger partial charge in [0, 0.05) is 17.8 Å². The highest BCUT2D eigenvalue weighted by atomic mass is 15.0. The van der Waals surface area contributed by atoms with Gasteiger partial charge in [-0.2, -0.15) is 5.26 Å². The average Bonchev–Trinajstić information content (AvgIpc) is 2.82. The average molecular weight is 233 g/mol. The second-order valence-electron chi connectivity index (χ2n) is 4.23. The van der Waals surface area contributed by atoms with Crippen LogP contribution in [0.4, 0.5) is 0 Å². The predicted molar refractivity (Wildman–Crippen MR) is 70.5 cm³/mol. The van der Waals surface area contributed by atoms with Gasteiger partial charge in [-0.15, -0.1) is 0 Å². The summed E-state index contributed by atoms with van der Waals surface area (Å²) in [6.45, 7) is 2.06. The van der Waals surface area contributed by atoms with E-state index in [1.165, 1.54) is 5.56 Å². The van der Waals surface area contributed by atoms with Gasteiger partial charge in [-0.05, 0) is 42.8 Å². The Hall–Kier alpha value is -2.60. The lowest BCUT2D eigenvalue weighted by Gasteiger charge is -2.07. The third-order valence-corrected chi connectivity index (χ3v) is 3.09. The first-order valence-electron chi connectivity index (χ1n) is 5.72. The molecule has 18 heavy (non-hydrogen) atoms. The molecule has 1 aromatic carbocycles. The van der Waals surface area contributed by atoms with Gasteiger partial charge in [0.1, 0.15) is 0 Å². The van der Waals surface area contributed by atoms with Crippen LogP contribution in [0.5, 0.6) is 0 Å². The first kappa shape index (κ1) is 10.5. The summed E-state index contributed by atoms with van der Waals surface area (Å²) in [4.78, 5) is 4.17. The van der Waals surface area contributed by atoms with Crippen LogP contribution in [0, 0.1) is 18.3 Å². The van der Waals surface area contributed by atoms with Crippen LogP contribution in [0.15, 0.2) is 48.9 Å². The van der Waals surface area contributed by atoms with E-state index in [0.29, 0.717) is 5.56 Å². The van der Waals surface area contributed by atoms with Gasteiger partial charge in [0.2, 0.25) is 0 Å². The molecule has 3 rings (SSSR count). The van der Waals surface area contributed by atoms with Crippen LogP contribution >= 0.6 is 0 Å². The summed E-state index contributed by atoms with van der Waals surface area (Å²) in [7, 11) is 0. The van der Waals surface area contributed by atoms with E-state index in [-0.39, 0.29) is 0 Å². The smallest absolute Gasteiger partial charge is 0.0991 e. The minimum absolute atomic E-state index is 0.683. The lowest BCUT2D eigenvalue weighted by Crippen LogP contribution is -1.95. The molecule has 0 aliphatic carbocycles. The quantitative estimate of drug-likeness (QED) is 0.647. The number of fused-ring (bicyclic) bond motifs is 1. The number of nitriles is 1. The van der Waals surface area contributed by atoms with Crippen LogP contribution in [0.25, 0.3) is 16.6 Å². The van der Waals surface area contributed by atoms with Crippen molar-refractivity contribution in [2.45, 2.75) is 6.92 Å². The van der Waals surface area contributed by atoms with Crippen LogP contribution in [0.2, 0.25) is 0 Å². The SMILES string of the molecule is Cc1ccncc1-n1ccc2cc(C#N)ccc21. The molecule has 0 aliphatic heterocycles. The lowest BCUT2D eigenvalue weighted by atomic mass is 10.2. The number of hydrogen-bond donors (Lipinski definition) is 0. The second-order valence-corrected chi connectivity index (χ2v) is 4.23. The molecule has 0 amide bonds. The van der Waals surface area contributed by atoms with Crippen LogP contribution in [0.1, 0.15) is 11.1 Å². The molecule has 0 spiro atoms. The van der Waals surface area contributed by atoms with Crippen LogP contribution < -0.4 is 0 Å². The standard InChI is InChI=1S/C15H11N3/c1-11-4-6-17-10-15(11)18-7-5-13-8-12(9-16)2-3-14(13)18/h2-8,10H,1H3. The molecule has 0 saturated heterocycles. The molecular weight excluding hydrogens is 222 g/mol. The maximum atomic E-state index is 8.90. The molecule has 3 heteroatoms. The molecule has 0 saturated carbocycles. The molecule has 0 unspecified atom stereocenters. The highest BCUT2D eigenvalue weighted by Gasteiger charge is 2.06. The molecule has 2 aromatic heterocycles. The zero-order valence-electron chi connectivity index (χ0n) is 9.96. The monoisotopic (exact) mass is 233 g/mol. The Morgan fingerprint density at radius 2 is 2.11 bits per heavy atom. The van der Waals surface area contributed by atoms with Gasteiger partial charge in [0.25, 0.3) is 0 Å². The number of aryl methyl sites for hydroxylation is 1. The van der Waals surface area contributed by atoms with Crippen LogP contribution in [-0.2, 0) is 0 Å². The minimum atomic E-state index is 0.683. The number of aromatic nitrogens is 2. The van der Waals surface area contributed by atoms with E-state index >= 15 is 0 Å². The van der Waals surface area contributed by atoms with E-state index in [2.05, 4.69) is 22.5 Å². The summed E-state index contributed by atoms with van der Waals surface area (Å²) in [5.74, 6) is 0. The Balaban J connectivity index is 2.26. The van der Waals surface area contributed by atoms with Crippen LogP contribution in [0.3, 0.4) is 0 Å². The Morgan fingerprint density at radius 1 is 1.22 bits per heavy atom. The fourth-order valence-electron chi connectivity index (χ4n) is 2.13. The minimum Gasteiger partial charge on any atom is -0.315 e. The van der Waals surface area contributed by atoms with E-state index in [1.807, 2.05) is 42.7 Å². The molecule has 0 atom stereocenters. The molecule has 0 N–H and O–H groups in total. The van der Waals surface area contributed by atoms with Crippen molar-refractivity contribution in [2.75, 3.05) is 0 Å². The van der Waals surface area contributed by atoms with Crippen LogP contribution in [-0.4, -0.2) is 9.55 Å². The summed E-state index contributed by atoms with van der Waals surface area (Å²) in [6, 6.07) is 11.9. The van der Waals surface area contributed by atoms with Crippen molar-refractivity contribution in [3.05, 3.63) is 60.0 Å². The van der Waals surface area contributed by atoms with Gasteiger partial charge in [0.15, 0.2) is 0 Å². The molecule has 3 aromatic rings. The van der Waals surface area contributed by atoms with E-state index < -0.39 is 0 Å². The van der Waals surface area contributed by atoms with Crippen molar-refractivity contribution in [2.24, 2.45) is 0 Å². The predicted octanol–water partition coefficient (Wildman–Crippen LogP) is 3.21. The fourth-order valence-corrected chi connectivity index (χ4v) is 2.13. The van der Waals surface area contributed by atoms with Gasteiger partial charge >= 0.3 is 0 Å². The Morgan fingerprint density at radius 3 is 2.89 bits per heavy atom. The molecule has 0 radical (unpaired) electrons. The van der Waals surface area contributed by atoms with Gasteiger partial charge < -0.3 is 4.57 Å². The fraction of sp³-hybridized carbons (Fsp3) is 0.0667. The zero-order chi connectivity index (χ0) is 12.5. The summed E-state index contributed by atoms with van der Waals surface area (Å²) in [5, 5.41) is 9.97. The molecule has 0 bridgehead atoms. The third-order valence-electron chi connectivity index (χ3n) is 3.09. The summed E-state index contributed by atoms with van der Waals surface area (Å²) >= 11 is 0. The summed E-state index contributed by atoms with van der Waals surface area (Å²) in [6.07, 6.45) is 5.65. The maximum Gasteiger partial charge on any atom is 0.0991 e. The number of nitrogens with zero attached hydrogens (tertiary/aromatic N) is 3. The van der Waals surface area contributed by atoms with Crippen molar-refractivity contribution in [1.29, 1.82) is 5.26 Å². The lowest BCUT2D eigenvalue weighted by molar-refractivity contribution is 1.07. The van der Waals surface area contributed by atoms with Crippen molar-refractivity contribution in [3.8, 4) is 11.8 Å². The van der Waals surface area contributed by atoms with Crippen molar-refractivity contribution < 1.29 is 0 Å². The Bertz CT molecular complexity index is 763. The van der Waals surface area contributed by atoms with Crippen molar-refractivity contribution >= 4 is 10.9 Å². The number of rotatable bonds is 1. The number of pyridine rings is 1. The zero-order valence-corrected chi connectivity index (χ0v) is 9.96. The highest BCUT2D eigenvalue weighted by molar-refractivity contribution is 5.83. The van der Waals surface area contributed by atoms with Gasteiger partial charge in [-0.25, -0.2) is 0 Å². The largest absolute Gasteiger partial charge is 0.315 e. The second kappa shape index (κ2) is 4.01. The van der Waals surface area contributed by atoms with E-state index in [9.17, 15) is 0 Å². The first-order valence-corrected chi connectivity index (χ1v) is 5.72. The van der Waals surface area contributed by atoms with Crippen molar-refractivity contribution in [3.63, 3.8) is 0 Å². The maximum absolute atomic E-state index is 8.90. The van der Waals surface area contributed by atoms with Gasteiger partial charge in [-0.3, -0.25) is 4.98 Å². The van der Waals surface area contributed by atoms with Crippen molar-refractivity contribution in [1.82, 2.24) is 9.55 Å². The summed E-state index contributed by atoms with van der Waals surface area (Å²) < 4.78 is 2.10. The topological polar surface area (TPSA) is 41.6 Å². The third kappa shape index (κ3) is 1.56. The number of hydrogen-bond acceptors (Lipinski definition) is 2. The van der Waals surface area contributed by atoms with Gasteiger partial charge in [0.05, 0.1) is 29.0 Å². The molecular formula is C15H11N3. The van der Waals surface area contributed by atoms with E-state index in [4.69, 9.17) is 5.26 Å². The molecule has 86 valence electrons. The van der Waals surface area contributed by atoms with Gasteiger partial charge in [-0.1, -0.05) is 0 Å². The molecule has 3 nitrogen and oxygen atoms in total.